The average Bonchev–Trinajstić information content (AvgIpc) is 2.83. The van der Waals surface area contributed by atoms with Crippen LogP contribution in [0, 0.1) is 0 Å². The fourth-order valence-corrected chi connectivity index (χ4v) is 3.07. The lowest BCUT2D eigenvalue weighted by Crippen LogP contribution is -2.36. The highest BCUT2D eigenvalue weighted by atomic mass is 32.2. The lowest BCUT2D eigenvalue weighted by Gasteiger charge is -2.25. The van der Waals surface area contributed by atoms with Gasteiger partial charge in [0.05, 0.1) is 38.6 Å². The number of carbonyl (C=O) groups excluding carboxylic acids is 1. The van der Waals surface area contributed by atoms with Gasteiger partial charge in [-0.1, -0.05) is 42.1 Å². The lowest BCUT2D eigenvalue weighted by molar-refractivity contribution is -0.124. The number of thioether (sulfide) groups is 1. The van der Waals surface area contributed by atoms with E-state index in [0.29, 0.717) is 25.5 Å². The van der Waals surface area contributed by atoms with Gasteiger partial charge in [0, 0.05) is 0 Å². The topological polar surface area (TPSA) is 45.1 Å². The van der Waals surface area contributed by atoms with Gasteiger partial charge in [0.2, 0.25) is 5.91 Å². The minimum Gasteiger partial charge on any atom is -0.378 e. The molecule has 3 rings (SSSR count). The van der Waals surface area contributed by atoms with Crippen LogP contribution in [-0.2, 0) is 16.1 Å². The van der Waals surface area contributed by atoms with E-state index in [1.165, 1.54) is 11.8 Å². The van der Waals surface area contributed by atoms with Gasteiger partial charge in [-0.05, 0) is 5.56 Å². The number of hydrogen-bond donors (Lipinski definition) is 0. The van der Waals surface area contributed by atoms with Gasteiger partial charge in [-0.25, -0.2) is 0 Å². The van der Waals surface area contributed by atoms with Crippen molar-refractivity contribution in [3.8, 4) is 0 Å². The maximum atomic E-state index is 12.0. The molecule has 106 valence electrons. The first kappa shape index (κ1) is 13.5. The van der Waals surface area contributed by atoms with Crippen LogP contribution >= 0.6 is 11.8 Å². The summed E-state index contributed by atoms with van der Waals surface area (Å²) in [6.45, 7) is 3.58. The highest BCUT2D eigenvalue weighted by Crippen LogP contribution is 2.22. The van der Waals surface area contributed by atoms with E-state index in [1.807, 2.05) is 35.3 Å². The largest absolute Gasteiger partial charge is 0.378 e. The molecule has 5 nitrogen and oxygen atoms in total. The van der Waals surface area contributed by atoms with Gasteiger partial charge in [0.25, 0.3) is 0 Å². The molecular weight excluding hydrogens is 274 g/mol. The van der Waals surface area contributed by atoms with Crippen LogP contribution in [0.2, 0.25) is 0 Å². The van der Waals surface area contributed by atoms with E-state index in [1.54, 1.807) is 4.90 Å². The summed E-state index contributed by atoms with van der Waals surface area (Å²) >= 11 is 1.52. The minimum absolute atomic E-state index is 0.130. The number of morpholine rings is 1. The summed E-state index contributed by atoms with van der Waals surface area (Å²) in [6.07, 6.45) is 0. The number of benzene rings is 1. The van der Waals surface area contributed by atoms with Crippen LogP contribution in [0.4, 0.5) is 0 Å². The van der Waals surface area contributed by atoms with Gasteiger partial charge in [-0.3, -0.25) is 14.7 Å². The van der Waals surface area contributed by atoms with Crippen molar-refractivity contribution in [1.82, 2.24) is 9.91 Å². The van der Waals surface area contributed by atoms with Gasteiger partial charge in [-0.15, -0.1) is 0 Å². The van der Waals surface area contributed by atoms with Crippen molar-refractivity contribution >= 4 is 22.8 Å². The maximum Gasteiger partial charge on any atom is 0.239 e. The molecule has 2 heterocycles. The molecule has 1 amide bonds. The summed E-state index contributed by atoms with van der Waals surface area (Å²) < 4.78 is 5.31. The molecule has 2 saturated heterocycles. The monoisotopic (exact) mass is 291 g/mol. The molecule has 0 N–H and O–H groups in total. The molecule has 0 radical (unpaired) electrons. The van der Waals surface area contributed by atoms with E-state index in [0.717, 1.165) is 23.8 Å². The molecule has 0 atom stereocenters. The number of carbonyl (C=O) groups is 1. The zero-order valence-electron chi connectivity index (χ0n) is 11.2. The first-order valence-corrected chi connectivity index (χ1v) is 7.70. The second-order valence-corrected chi connectivity index (χ2v) is 5.65. The molecule has 2 aliphatic rings. The van der Waals surface area contributed by atoms with Crippen molar-refractivity contribution in [2.24, 2.45) is 5.10 Å². The molecule has 1 aromatic rings. The summed E-state index contributed by atoms with van der Waals surface area (Å²) in [5, 5.41) is 7.40. The third-order valence-electron chi connectivity index (χ3n) is 3.25. The molecule has 0 aliphatic carbocycles. The second kappa shape index (κ2) is 6.28. The Morgan fingerprint density at radius 3 is 2.70 bits per heavy atom. The summed E-state index contributed by atoms with van der Waals surface area (Å²) in [5.41, 5.74) is 1.12. The Kier molecular flexibility index (Phi) is 4.22. The van der Waals surface area contributed by atoms with Crippen molar-refractivity contribution in [3.63, 3.8) is 0 Å². The van der Waals surface area contributed by atoms with Crippen molar-refractivity contribution < 1.29 is 9.53 Å². The smallest absolute Gasteiger partial charge is 0.239 e. The normalized spacial score (nSPS) is 21.8. The third kappa shape index (κ3) is 3.13. The van der Waals surface area contributed by atoms with E-state index in [9.17, 15) is 4.79 Å². The Morgan fingerprint density at radius 2 is 1.95 bits per heavy atom. The number of amidine groups is 1. The number of amides is 1. The van der Waals surface area contributed by atoms with Crippen molar-refractivity contribution in [2.45, 2.75) is 6.54 Å². The molecular formula is C14H17N3O2S. The van der Waals surface area contributed by atoms with Crippen LogP contribution in [0.5, 0.6) is 0 Å². The molecule has 2 fully saturated rings. The van der Waals surface area contributed by atoms with E-state index in [-0.39, 0.29) is 5.91 Å². The molecule has 0 bridgehead atoms. The average molecular weight is 291 g/mol. The van der Waals surface area contributed by atoms with Crippen LogP contribution in [0.25, 0.3) is 0 Å². The number of rotatable bonds is 3. The molecule has 0 unspecified atom stereocenters. The Bertz CT molecular complexity index is 500. The van der Waals surface area contributed by atoms with Gasteiger partial charge >= 0.3 is 0 Å². The Labute approximate surface area is 122 Å². The van der Waals surface area contributed by atoms with Crippen LogP contribution in [0.3, 0.4) is 0 Å². The molecule has 0 aromatic heterocycles. The zero-order chi connectivity index (χ0) is 13.8. The predicted octanol–water partition coefficient (Wildman–Crippen LogP) is 1.37. The van der Waals surface area contributed by atoms with Crippen LogP contribution < -0.4 is 0 Å². The fourth-order valence-electron chi connectivity index (χ4n) is 2.17. The number of nitrogens with zero attached hydrogens (tertiary/aromatic N) is 3. The first-order valence-electron chi connectivity index (χ1n) is 6.71. The van der Waals surface area contributed by atoms with Crippen molar-refractivity contribution in [3.05, 3.63) is 35.9 Å². The molecule has 2 aliphatic heterocycles. The SMILES string of the molecule is O=C1CS/C(=N\N2CCOCC2)N1Cc1ccccc1. The van der Waals surface area contributed by atoms with Crippen molar-refractivity contribution in [2.75, 3.05) is 32.1 Å². The highest BCUT2D eigenvalue weighted by Gasteiger charge is 2.29. The third-order valence-corrected chi connectivity index (χ3v) is 4.21. The summed E-state index contributed by atoms with van der Waals surface area (Å²) in [4.78, 5) is 13.8. The van der Waals surface area contributed by atoms with E-state index < -0.39 is 0 Å². The fraction of sp³-hybridized carbons (Fsp3) is 0.429. The van der Waals surface area contributed by atoms with Gasteiger partial charge in [0.1, 0.15) is 0 Å². The molecule has 0 spiro atoms. The minimum atomic E-state index is 0.130. The Balaban J connectivity index is 1.73. The lowest BCUT2D eigenvalue weighted by atomic mass is 10.2. The second-order valence-electron chi connectivity index (χ2n) is 4.70. The number of hydrazone groups is 1. The standard InChI is InChI=1S/C14H17N3O2S/c18-13-11-20-14(15-16-6-8-19-9-7-16)17(13)10-12-4-2-1-3-5-12/h1-5H,6-11H2/b15-14-. The van der Waals surface area contributed by atoms with E-state index >= 15 is 0 Å². The predicted molar refractivity (Wildman–Crippen MR) is 79.3 cm³/mol. The first-order chi connectivity index (χ1) is 9.83. The summed E-state index contributed by atoms with van der Waals surface area (Å²) in [5.74, 6) is 0.613. The number of ether oxygens (including phenoxy) is 1. The van der Waals surface area contributed by atoms with Crippen LogP contribution in [0.15, 0.2) is 35.4 Å². The van der Waals surface area contributed by atoms with Gasteiger partial charge < -0.3 is 4.74 Å². The number of hydrogen-bond acceptors (Lipinski definition) is 5. The molecule has 20 heavy (non-hydrogen) atoms. The molecule has 6 heteroatoms. The van der Waals surface area contributed by atoms with E-state index in [4.69, 9.17) is 4.74 Å². The maximum absolute atomic E-state index is 12.0. The zero-order valence-corrected chi connectivity index (χ0v) is 12.0. The van der Waals surface area contributed by atoms with E-state index in [2.05, 4.69) is 5.10 Å². The molecule has 1 aromatic carbocycles. The van der Waals surface area contributed by atoms with Crippen LogP contribution in [0.1, 0.15) is 5.56 Å². The van der Waals surface area contributed by atoms with Crippen molar-refractivity contribution in [1.29, 1.82) is 0 Å². The quantitative estimate of drug-likeness (QED) is 0.843. The summed E-state index contributed by atoms with van der Waals surface area (Å²) in [7, 11) is 0. The highest BCUT2D eigenvalue weighted by molar-refractivity contribution is 8.15. The Morgan fingerprint density at radius 1 is 1.20 bits per heavy atom. The summed E-state index contributed by atoms with van der Waals surface area (Å²) in [6, 6.07) is 10.0. The molecule has 0 saturated carbocycles. The Hall–Kier alpha value is -1.53. The van der Waals surface area contributed by atoms with Crippen LogP contribution in [-0.4, -0.2) is 53.0 Å². The van der Waals surface area contributed by atoms with Gasteiger partial charge in [-0.2, -0.15) is 5.10 Å². The van der Waals surface area contributed by atoms with Gasteiger partial charge in [0.15, 0.2) is 5.17 Å².